The van der Waals surface area contributed by atoms with E-state index in [1.807, 2.05) is 13.8 Å². The van der Waals surface area contributed by atoms with Gasteiger partial charge in [0.05, 0.1) is 31.4 Å². The number of methoxy groups -OCH3 is 1. The van der Waals surface area contributed by atoms with Gasteiger partial charge in [0.2, 0.25) is 0 Å². The van der Waals surface area contributed by atoms with Crippen molar-refractivity contribution in [2.75, 3.05) is 7.11 Å². The number of fused-ring (bicyclic) bond motifs is 1. The Morgan fingerprint density at radius 2 is 1.90 bits per heavy atom. The molecule has 0 aliphatic carbocycles. The minimum absolute atomic E-state index is 0.00179. The summed E-state index contributed by atoms with van der Waals surface area (Å²) in [5, 5.41) is 21.1. The predicted octanol–water partition coefficient (Wildman–Crippen LogP) is 4.08. The standard InChI is InChI=1S/C29H34FN5O5S/c1-8-11-29(39,20-15-19(30)9-10-21(20)40-7)16-33-26-23(18(4)25(41-26)35-31-12-13-32-35)24(37)34(27(33)38)28(5,6)22(36)14-17(2)3/h8-10,12-13,15,17,39H,1,11,14,16H2,2-7H3. The molecule has 4 rings (SSSR count). The van der Waals surface area contributed by atoms with Crippen LogP contribution in [0.3, 0.4) is 0 Å². The number of ether oxygens (including phenoxy) is 1. The summed E-state index contributed by atoms with van der Waals surface area (Å²) in [5.41, 5.74) is -4.18. The second-order valence-corrected chi connectivity index (χ2v) is 12.0. The number of nitrogens with zero attached hydrogens (tertiary/aromatic N) is 5. The molecule has 0 spiro atoms. The Morgan fingerprint density at radius 1 is 1.24 bits per heavy atom. The normalized spacial score (nSPS) is 13.5. The maximum atomic E-state index is 14.4. The summed E-state index contributed by atoms with van der Waals surface area (Å²) < 4.78 is 22.1. The fraction of sp³-hybridized carbons (Fsp3) is 0.414. The Hall–Kier alpha value is -3.90. The average Bonchev–Trinajstić information content (AvgIpc) is 3.54. The van der Waals surface area contributed by atoms with E-state index < -0.39 is 34.8 Å². The van der Waals surface area contributed by atoms with E-state index >= 15 is 0 Å². The van der Waals surface area contributed by atoms with Crippen LogP contribution in [0.2, 0.25) is 0 Å². The number of Topliss-reactive ketones (excluding diaryl/α,β-unsaturated/α-hetero) is 1. The van der Waals surface area contributed by atoms with E-state index in [1.54, 1.807) is 20.8 Å². The van der Waals surface area contributed by atoms with Crippen LogP contribution in [0.5, 0.6) is 5.75 Å². The third kappa shape index (κ3) is 5.29. The topological polar surface area (TPSA) is 121 Å². The molecule has 3 heterocycles. The minimum atomic E-state index is -1.87. The molecule has 12 heteroatoms. The molecule has 0 saturated carbocycles. The van der Waals surface area contributed by atoms with E-state index in [0.29, 0.717) is 10.6 Å². The number of halogens is 1. The first kappa shape index (κ1) is 30.1. The van der Waals surface area contributed by atoms with Crippen molar-refractivity contribution in [2.24, 2.45) is 5.92 Å². The maximum Gasteiger partial charge on any atom is 0.333 e. The van der Waals surface area contributed by atoms with Gasteiger partial charge in [0.25, 0.3) is 5.56 Å². The number of hydrogen-bond donors (Lipinski definition) is 1. The van der Waals surface area contributed by atoms with Crippen LogP contribution in [-0.4, -0.2) is 42.1 Å². The van der Waals surface area contributed by atoms with Crippen molar-refractivity contribution in [1.82, 2.24) is 24.1 Å². The molecule has 0 amide bonds. The fourth-order valence-corrected chi connectivity index (χ4v) is 6.24. The molecular weight excluding hydrogens is 549 g/mol. The zero-order valence-corrected chi connectivity index (χ0v) is 24.8. The van der Waals surface area contributed by atoms with E-state index in [4.69, 9.17) is 4.74 Å². The number of carbonyl (C=O) groups excluding carboxylic acids is 1. The predicted molar refractivity (Wildman–Crippen MR) is 155 cm³/mol. The summed E-state index contributed by atoms with van der Waals surface area (Å²) in [6.45, 7) is 11.9. The number of aryl methyl sites for hydroxylation is 1. The molecule has 0 radical (unpaired) electrons. The summed E-state index contributed by atoms with van der Waals surface area (Å²) in [4.78, 5) is 43.3. The van der Waals surface area contributed by atoms with Gasteiger partial charge < -0.3 is 9.84 Å². The van der Waals surface area contributed by atoms with Crippen LogP contribution in [0.4, 0.5) is 4.39 Å². The van der Waals surface area contributed by atoms with Gasteiger partial charge in [0.15, 0.2) is 5.78 Å². The first-order valence-corrected chi connectivity index (χ1v) is 13.9. The van der Waals surface area contributed by atoms with Crippen molar-refractivity contribution in [3.8, 4) is 10.8 Å². The largest absolute Gasteiger partial charge is 0.496 e. The van der Waals surface area contributed by atoms with E-state index in [9.17, 15) is 23.9 Å². The number of ketones is 1. The maximum absolute atomic E-state index is 14.4. The van der Waals surface area contributed by atoms with Gasteiger partial charge in [-0.3, -0.25) is 14.2 Å². The Balaban J connectivity index is 2.09. The number of aromatic nitrogens is 5. The number of benzene rings is 1. The SMILES string of the molecule is C=CCC(O)(Cn1c(=O)n(C(C)(C)C(=O)CC(C)C)c(=O)c2c(C)c(-n3nccn3)sc21)c1cc(F)ccc1OC. The van der Waals surface area contributed by atoms with E-state index in [-0.39, 0.29) is 46.1 Å². The van der Waals surface area contributed by atoms with E-state index in [1.165, 1.54) is 47.1 Å². The van der Waals surface area contributed by atoms with Crippen molar-refractivity contribution in [2.45, 2.75) is 65.1 Å². The van der Waals surface area contributed by atoms with Crippen molar-refractivity contribution in [1.29, 1.82) is 0 Å². The summed E-state index contributed by atoms with van der Waals surface area (Å²) in [6, 6.07) is 3.74. The lowest BCUT2D eigenvalue weighted by molar-refractivity contribution is -0.127. The summed E-state index contributed by atoms with van der Waals surface area (Å²) in [6.07, 6.45) is 4.51. The highest BCUT2D eigenvalue weighted by atomic mass is 32.1. The third-order valence-electron chi connectivity index (χ3n) is 7.19. The van der Waals surface area contributed by atoms with Gasteiger partial charge in [0, 0.05) is 17.5 Å². The Kier molecular flexibility index (Phi) is 8.19. The molecule has 41 heavy (non-hydrogen) atoms. The lowest BCUT2D eigenvalue weighted by Gasteiger charge is -2.32. The molecule has 1 atom stereocenters. The van der Waals surface area contributed by atoms with Gasteiger partial charge in [-0.05, 0) is 51.3 Å². The molecule has 0 aliphatic rings. The van der Waals surface area contributed by atoms with Gasteiger partial charge in [0.1, 0.15) is 32.5 Å². The number of aliphatic hydroxyl groups is 1. The number of thiophene rings is 1. The lowest BCUT2D eigenvalue weighted by atomic mass is 9.89. The van der Waals surface area contributed by atoms with Crippen LogP contribution in [-0.2, 0) is 22.5 Å². The quantitative estimate of drug-likeness (QED) is 0.264. The zero-order valence-electron chi connectivity index (χ0n) is 24.0. The second-order valence-electron chi connectivity index (χ2n) is 11.0. The van der Waals surface area contributed by atoms with Crippen LogP contribution < -0.4 is 16.0 Å². The fourth-order valence-electron chi connectivity index (χ4n) is 5.03. The number of hydrogen-bond acceptors (Lipinski definition) is 8. The third-order valence-corrected chi connectivity index (χ3v) is 8.47. The molecule has 1 aromatic carbocycles. The van der Waals surface area contributed by atoms with Crippen LogP contribution in [0.25, 0.3) is 15.2 Å². The van der Waals surface area contributed by atoms with Crippen molar-refractivity contribution in [3.05, 3.63) is 81.0 Å². The van der Waals surface area contributed by atoms with Crippen LogP contribution in [0, 0.1) is 18.7 Å². The van der Waals surface area contributed by atoms with Crippen molar-refractivity contribution >= 4 is 27.3 Å². The highest BCUT2D eigenvalue weighted by molar-refractivity contribution is 7.21. The first-order chi connectivity index (χ1) is 19.3. The molecule has 3 aromatic heterocycles. The molecule has 10 nitrogen and oxygen atoms in total. The molecule has 0 aliphatic heterocycles. The first-order valence-electron chi connectivity index (χ1n) is 13.1. The van der Waals surface area contributed by atoms with Gasteiger partial charge in [-0.1, -0.05) is 31.3 Å². The molecule has 1 unspecified atom stereocenters. The van der Waals surface area contributed by atoms with Gasteiger partial charge in [-0.15, -0.1) is 11.4 Å². The summed E-state index contributed by atoms with van der Waals surface area (Å²) in [7, 11) is 1.39. The van der Waals surface area contributed by atoms with Crippen LogP contribution >= 0.6 is 11.3 Å². The Bertz CT molecular complexity index is 1730. The second kappa shape index (κ2) is 11.2. The van der Waals surface area contributed by atoms with E-state index in [2.05, 4.69) is 16.8 Å². The minimum Gasteiger partial charge on any atom is -0.496 e. The van der Waals surface area contributed by atoms with Crippen molar-refractivity contribution in [3.63, 3.8) is 0 Å². The van der Waals surface area contributed by atoms with Gasteiger partial charge in [-0.25, -0.2) is 13.8 Å². The molecular formula is C29H34FN5O5S. The lowest BCUT2D eigenvalue weighted by Crippen LogP contribution is -2.53. The summed E-state index contributed by atoms with van der Waals surface area (Å²) in [5.74, 6) is -0.677. The highest BCUT2D eigenvalue weighted by Crippen LogP contribution is 2.37. The van der Waals surface area contributed by atoms with Crippen molar-refractivity contribution < 1.29 is 19.0 Å². The molecule has 218 valence electrons. The molecule has 0 saturated heterocycles. The Labute approximate surface area is 240 Å². The number of carbonyl (C=O) groups is 1. The Morgan fingerprint density at radius 3 is 2.49 bits per heavy atom. The number of rotatable bonds is 11. The van der Waals surface area contributed by atoms with Crippen LogP contribution in [0.1, 0.15) is 51.7 Å². The smallest absolute Gasteiger partial charge is 0.333 e. The molecule has 4 aromatic rings. The monoisotopic (exact) mass is 583 g/mol. The molecule has 1 N–H and O–H groups in total. The van der Waals surface area contributed by atoms with Gasteiger partial charge >= 0.3 is 5.69 Å². The van der Waals surface area contributed by atoms with E-state index in [0.717, 1.165) is 22.0 Å². The van der Waals surface area contributed by atoms with Gasteiger partial charge in [-0.2, -0.15) is 10.2 Å². The molecule has 0 bridgehead atoms. The molecule has 0 fully saturated rings. The zero-order chi connectivity index (χ0) is 30.3. The summed E-state index contributed by atoms with van der Waals surface area (Å²) >= 11 is 1.10. The average molecular weight is 584 g/mol. The highest BCUT2D eigenvalue weighted by Gasteiger charge is 2.38. The van der Waals surface area contributed by atoms with Crippen LogP contribution in [0.15, 0.2) is 52.8 Å².